The third kappa shape index (κ3) is 3.85. The molecule has 0 bridgehead atoms. The lowest BCUT2D eigenvalue weighted by atomic mass is 9.92. The van der Waals surface area contributed by atoms with E-state index in [2.05, 4.69) is 37.6 Å². The van der Waals surface area contributed by atoms with Crippen LogP contribution >= 0.6 is 0 Å². The van der Waals surface area contributed by atoms with Crippen LogP contribution in [0.25, 0.3) is 0 Å². The zero-order valence-electron chi connectivity index (χ0n) is 14.9. The van der Waals surface area contributed by atoms with Crippen molar-refractivity contribution >= 4 is 11.9 Å². The van der Waals surface area contributed by atoms with Crippen LogP contribution in [0.4, 0.5) is 5.95 Å². The zero-order chi connectivity index (χ0) is 17.8. The molecule has 2 N–H and O–H groups in total. The van der Waals surface area contributed by atoms with Gasteiger partial charge in [0.25, 0.3) is 0 Å². The van der Waals surface area contributed by atoms with Gasteiger partial charge in [0.1, 0.15) is 0 Å². The van der Waals surface area contributed by atoms with E-state index in [0.29, 0.717) is 13.0 Å². The second-order valence-corrected chi connectivity index (χ2v) is 7.07. The molecule has 1 amide bonds. The largest absolute Gasteiger partial charge is 0.348 e. The molecule has 2 aliphatic rings. The molecule has 6 heteroatoms. The van der Waals surface area contributed by atoms with E-state index < -0.39 is 0 Å². The summed E-state index contributed by atoms with van der Waals surface area (Å²) in [6.07, 6.45) is 7.66. The minimum Gasteiger partial charge on any atom is -0.348 e. The van der Waals surface area contributed by atoms with Crippen molar-refractivity contribution in [2.24, 2.45) is 0 Å². The Morgan fingerprint density at radius 2 is 1.85 bits per heavy atom. The summed E-state index contributed by atoms with van der Waals surface area (Å²) >= 11 is 0. The number of hydrogen-bond donors (Lipinski definition) is 2. The lowest BCUT2D eigenvalue weighted by Gasteiger charge is -2.33. The van der Waals surface area contributed by atoms with Crippen LogP contribution in [0, 0.1) is 0 Å². The molecule has 2 atom stereocenters. The molecule has 2 saturated heterocycles. The van der Waals surface area contributed by atoms with Crippen molar-refractivity contribution in [3.05, 3.63) is 53.9 Å². The molecule has 4 rings (SSSR count). The van der Waals surface area contributed by atoms with Crippen molar-refractivity contribution in [3.8, 4) is 0 Å². The van der Waals surface area contributed by atoms with Crippen molar-refractivity contribution in [1.29, 1.82) is 0 Å². The minimum absolute atomic E-state index is 0.00208. The van der Waals surface area contributed by atoms with Gasteiger partial charge in [0.05, 0.1) is 6.04 Å². The Balaban J connectivity index is 1.40. The van der Waals surface area contributed by atoms with Crippen molar-refractivity contribution in [2.75, 3.05) is 18.0 Å². The molecule has 0 aliphatic carbocycles. The number of amides is 1. The molecule has 6 nitrogen and oxygen atoms in total. The molecule has 136 valence electrons. The Morgan fingerprint density at radius 1 is 1.12 bits per heavy atom. The number of anilines is 1. The molecule has 2 fully saturated rings. The van der Waals surface area contributed by atoms with Crippen LogP contribution in [0.15, 0.2) is 42.7 Å². The van der Waals surface area contributed by atoms with Gasteiger partial charge in [0.2, 0.25) is 11.9 Å². The number of piperidine rings is 1. The van der Waals surface area contributed by atoms with E-state index in [9.17, 15) is 4.79 Å². The van der Waals surface area contributed by atoms with Gasteiger partial charge >= 0.3 is 0 Å². The molecular weight excluding hydrogens is 326 g/mol. The number of rotatable bonds is 5. The smallest absolute Gasteiger partial charge is 0.225 e. The van der Waals surface area contributed by atoms with E-state index in [4.69, 9.17) is 0 Å². The molecule has 0 spiro atoms. The van der Waals surface area contributed by atoms with Gasteiger partial charge in [-0.1, -0.05) is 30.3 Å². The normalized spacial score (nSPS) is 23.1. The summed E-state index contributed by atoms with van der Waals surface area (Å²) in [5, 5.41) is 6.71. The minimum atomic E-state index is 0.00208. The zero-order valence-corrected chi connectivity index (χ0v) is 14.9. The molecule has 3 heterocycles. The second-order valence-electron chi connectivity index (χ2n) is 7.07. The molecule has 26 heavy (non-hydrogen) atoms. The predicted octanol–water partition coefficient (Wildman–Crippen LogP) is 2.19. The quantitative estimate of drug-likeness (QED) is 0.864. The topological polar surface area (TPSA) is 70.2 Å². The average Bonchev–Trinajstić information content (AvgIpc) is 3.23. The van der Waals surface area contributed by atoms with Gasteiger partial charge in [0.15, 0.2) is 0 Å². The van der Waals surface area contributed by atoms with Crippen molar-refractivity contribution in [1.82, 2.24) is 20.6 Å². The van der Waals surface area contributed by atoms with E-state index in [1.54, 1.807) is 0 Å². The summed E-state index contributed by atoms with van der Waals surface area (Å²) in [6, 6.07) is 10.4. The van der Waals surface area contributed by atoms with Crippen LogP contribution in [-0.2, 0) is 11.3 Å². The van der Waals surface area contributed by atoms with Gasteiger partial charge in [0, 0.05) is 50.1 Å². The molecule has 0 saturated carbocycles. The predicted molar refractivity (Wildman–Crippen MR) is 101 cm³/mol. The maximum atomic E-state index is 11.9. The van der Waals surface area contributed by atoms with E-state index in [0.717, 1.165) is 36.6 Å². The van der Waals surface area contributed by atoms with Crippen LogP contribution in [0.3, 0.4) is 0 Å². The number of aromatic nitrogens is 2. The lowest BCUT2D eigenvalue weighted by Crippen LogP contribution is -2.48. The Bertz CT molecular complexity index is 728. The summed E-state index contributed by atoms with van der Waals surface area (Å²) in [4.78, 5) is 23.1. The van der Waals surface area contributed by atoms with Crippen molar-refractivity contribution in [2.45, 2.75) is 44.3 Å². The van der Waals surface area contributed by atoms with Gasteiger partial charge in [-0.3, -0.25) is 4.79 Å². The van der Waals surface area contributed by atoms with Gasteiger partial charge in [-0.15, -0.1) is 0 Å². The Labute approximate surface area is 154 Å². The number of hydrogen-bond acceptors (Lipinski definition) is 5. The van der Waals surface area contributed by atoms with Crippen molar-refractivity contribution < 1.29 is 4.79 Å². The maximum Gasteiger partial charge on any atom is 0.225 e. The summed E-state index contributed by atoms with van der Waals surface area (Å²) in [5.41, 5.74) is 2.20. The van der Waals surface area contributed by atoms with Crippen LogP contribution in [0.5, 0.6) is 0 Å². The standard InChI is InChI=1S/C20H25N5O/c26-18-9-8-17(19(24-18)16-6-2-1-3-7-16)21-12-15-13-22-20(23-14-15)25-10-4-5-11-25/h1-3,6-7,13-14,17,19,21H,4-5,8-12H2,(H,24,26)/t17-,19+/m1/s1. The van der Waals surface area contributed by atoms with Crippen molar-refractivity contribution in [3.63, 3.8) is 0 Å². The van der Waals surface area contributed by atoms with E-state index in [1.165, 1.54) is 12.8 Å². The first-order valence-electron chi connectivity index (χ1n) is 9.43. The number of benzene rings is 1. The van der Waals surface area contributed by atoms with Gasteiger partial charge < -0.3 is 15.5 Å². The molecule has 1 aromatic carbocycles. The molecule has 2 aliphatic heterocycles. The highest BCUT2D eigenvalue weighted by Gasteiger charge is 2.29. The lowest BCUT2D eigenvalue weighted by molar-refractivity contribution is -0.123. The van der Waals surface area contributed by atoms with E-state index in [1.807, 2.05) is 30.6 Å². The van der Waals surface area contributed by atoms with Gasteiger partial charge in [-0.05, 0) is 24.8 Å². The first-order chi connectivity index (χ1) is 12.8. The number of carbonyl (C=O) groups is 1. The molecular formula is C20H25N5O. The summed E-state index contributed by atoms with van der Waals surface area (Å²) < 4.78 is 0. The average molecular weight is 351 g/mol. The first-order valence-corrected chi connectivity index (χ1v) is 9.43. The number of nitrogens with one attached hydrogen (secondary N) is 2. The van der Waals surface area contributed by atoms with Crippen LogP contribution in [-0.4, -0.2) is 35.0 Å². The highest BCUT2D eigenvalue weighted by Crippen LogP contribution is 2.24. The second kappa shape index (κ2) is 7.83. The Morgan fingerprint density at radius 3 is 2.58 bits per heavy atom. The third-order valence-electron chi connectivity index (χ3n) is 5.21. The van der Waals surface area contributed by atoms with Crippen LogP contribution in [0.2, 0.25) is 0 Å². The van der Waals surface area contributed by atoms with E-state index in [-0.39, 0.29) is 18.0 Å². The monoisotopic (exact) mass is 351 g/mol. The highest BCUT2D eigenvalue weighted by atomic mass is 16.1. The summed E-state index contributed by atoms with van der Waals surface area (Å²) in [5.74, 6) is 0.952. The summed E-state index contributed by atoms with van der Waals surface area (Å²) in [7, 11) is 0. The van der Waals surface area contributed by atoms with E-state index >= 15 is 0 Å². The highest BCUT2D eigenvalue weighted by molar-refractivity contribution is 5.77. The fourth-order valence-electron chi connectivity index (χ4n) is 3.76. The summed E-state index contributed by atoms with van der Waals surface area (Å²) in [6.45, 7) is 2.81. The molecule has 2 aromatic rings. The Hall–Kier alpha value is -2.47. The number of carbonyl (C=O) groups excluding carboxylic acids is 1. The number of nitrogens with zero attached hydrogens (tertiary/aromatic N) is 3. The maximum absolute atomic E-state index is 11.9. The molecule has 0 unspecified atom stereocenters. The molecule has 0 radical (unpaired) electrons. The van der Waals surface area contributed by atoms with Crippen LogP contribution in [0.1, 0.15) is 42.9 Å². The Kier molecular flexibility index (Phi) is 5.11. The fourth-order valence-corrected chi connectivity index (χ4v) is 3.76. The van der Waals surface area contributed by atoms with Crippen LogP contribution < -0.4 is 15.5 Å². The van der Waals surface area contributed by atoms with Gasteiger partial charge in [-0.25, -0.2) is 9.97 Å². The SMILES string of the molecule is O=C1CC[C@@H](NCc2cnc(N3CCCC3)nc2)[C@H](c2ccccc2)N1. The fraction of sp³-hybridized carbons (Fsp3) is 0.450. The molecule has 1 aromatic heterocycles. The van der Waals surface area contributed by atoms with Gasteiger partial charge in [-0.2, -0.15) is 0 Å². The third-order valence-corrected chi connectivity index (χ3v) is 5.21. The first kappa shape index (κ1) is 17.0.